The van der Waals surface area contributed by atoms with Crippen LogP contribution in [0.5, 0.6) is 0 Å². The topological polar surface area (TPSA) is 88.8 Å². The van der Waals surface area contributed by atoms with Gasteiger partial charge in [0, 0.05) is 27.5 Å². The van der Waals surface area contributed by atoms with E-state index in [-0.39, 0.29) is 16.5 Å². The average molecular weight is 306 g/mol. The van der Waals surface area contributed by atoms with Crippen LogP contribution in [0.2, 0.25) is 5.02 Å². The van der Waals surface area contributed by atoms with Crippen molar-refractivity contribution in [3.63, 3.8) is 0 Å². The highest BCUT2D eigenvalue weighted by Gasteiger charge is 2.19. The summed E-state index contributed by atoms with van der Waals surface area (Å²) in [7, 11) is 0. The Morgan fingerprint density at radius 2 is 2.15 bits per heavy atom. The molecule has 3 aromatic rings. The number of thiazole rings is 1. The van der Waals surface area contributed by atoms with E-state index in [9.17, 15) is 9.59 Å². The fraction of sp³-hybridized carbons (Fsp3) is 0. The van der Waals surface area contributed by atoms with Crippen molar-refractivity contribution >= 4 is 45.5 Å². The number of nitrogens with two attached hydrogens (primary N) is 1. The molecule has 7 heteroatoms. The summed E-state index contributed by atoms with van der Waals surface area (Å²) < 4.78 is 0. The lowest BCUT2D eigenvalue weighted by atomic mass is 10.1. The number of hydrogen-bond donors (Lipinski definition) is 2. The molecule has 3 N–H and O–H groups in total. The summed E-state index contributed by atoms with van der Waals surface area (Å²) in [5, 5.41) is 2.96. The summed E-state index contributed by atoms with van der Waals surface area (Å²) in [5.74, 6) is -0.918. The highest BCUT2D eigenvalue weighted by molar-refractivity contribution is 7.12. The van der Waals surface area contributed by atoms with Gasteiger partial charge in [0.1, 0.15) is 5.69 Å². The quantitative estimate of drug-likeness (QED) is 0.729. The van der Waals surface area contributed by atoms with E-state index >= 15 is 0 Å². The smallest absolute Gasteiger partial charge is 0.268 e. The highest BCUT2D eigenvalue weighted by atomic mass is 35.5. The molecule has 0 aliphatic rings. The number of fused-ring (bicyclic) bond motifs is 1. The Labute approximate surface area is 122 Å². The number of amides is 1. The molecular weight excluding hydrogens is 298 g/mol. The van der Waals surface area contributed by atoms with Crippen molar-refractivity contribution in [2.24, 2.45) is 5.73 Å². The van der Waals surface area contributed by atoms with E-state index in [1.54, 1.807) is 24.4 Å². The summed E-state index contributed by atoms with van der Waals surface area (Å²) in [6.45, 7) is 0. The van der Waals surface area contributed by atoms with Gasteiger partial charge >= 0.3 is 0 Å². The van der Waals surface area contributed by atoms with Crippen LogP contribution in [0.4, 0.5) is 0 Å². The average Bonchev–Trinajstić information content (AvgIpc) is 3.04. The van der Waals surface area contributed by atoms with Crippen molar-refractivity contribution in [3.8, 4) is 0 Å². The summed E-state index contributed by atoms with van der Waals surface area (Å²) >= 11 is 7.03. The maximum Gasteiger partial charge on any atom is 0.268 e. The molecule has 0 radical (unpaired) electrons. The van der Waals surface area contributed by atoms with E-state index < -0.39 is 5.91 Å². The maximum absolute atomic E-state index is 12.4. The largest absolute Gasteiger partial charge is 0.364 e. The van der Waals surface area contributed by atoms with Gasteiger partial charge in [0.2, 0.25) is 5.78 Å². The number of carbonyl (C=O) groups is 2. The monoisotopic (exact) mass is 305 g/mol. The zero-order valence-electron chi connectivity index (χ0n) is 10.0. The number of benzene rings is 1. The first-order valence-corrected chi connectivity index (χ1v) is 6.88. The number of primary amides is 1. The second-order valence-corrected chi connectivity index (χ2v) is 5.42. The zero-order chi connectivity index (χ0) is 14.3. The number of nitrogens with zero attached hydrogens (tertiary/aromatic N) is 1. The second-order valence-electron chi connectivity index (χ2n) is 4.12. The molecule has 0 atom stereocenters. The highest BCUT2D eigenvalue weighted by Crippen LogP contribution is 2.25. The number of H-pyrrole nitrogens is 1. The third kappa shape index (κ3) is 2.09. The number of aromatic amines is 1. The van der Waals surface area contributed by atoms with Crippen LogP contribution >= 0.6 is 22.9 Å². The van der Waals surface area contributed by atoms with E-state index in [4.69, 9.17) is 17.3 Å². The van der Waals surface area contributed by atoms with Gasteiger partial charge in [-0.25, -0.2) is 4.98 Å². The predicted molar refractivity (Wildman–Crippen MR) is 77.4 cm³/mol. The summed E-state index contributed by atoms with van der Waals surface area (Å²) in [6, 6.07) is 5.25. The minimum absolute atomic E-state index is 0.0937. The van der Waals surface area contributed by atoms with Crippen molar-refractivity contribution in [2.75, 3.05) is 0 Å². The van der Waals surface area contributed by atoms with E-state index in [0.717, 1.165) is 22.2 Å². The Balaban J connectivity index is 2.07. The fourth-order valence-electron chi connectivity index (χ4n) is 1.89. The molecule has 0 bridgehead atoms. The summed E-state index contributed by atoms with van der Waals surface area (Å²) in [6.07, 6.45) is 1.61. The van der Waals surface area contributed by atoms with Crippen molar-refractivity contribution in [1.82, 2.24) is 9.97 Å². The van der Waals surface area contributed by atoms with Crippen LogP contribution in [-0.4, -0.2) is 21.7 Å². The zero-order valence-corrected chi connectivity index (χ0v) is 11.6. The number of halogens is 1. The molecule has 0 spiro atoms. The normalized spacial score (nSPS) is 10.8. The molecule has 5 nitrogen and oxygen atoms in total. The van der Waals surface area contributed by atoms with E-state index in [1.807, 2.05) is 0 Å². The first-order valence-electron chi connectivity index (χ1n) is 5.63. The summed E-state index contributed by atoms with van der Waals surface area (Å²) in [5.41, 5.74) is 6.50. The van der Waals surface area contributed by atoms with Gasteiger partial charge < -0.3 is 10.7 Å². The number of carbonyl (C=O) groups excluding carboxylic acids is 2. The van der Waals surface area contributed by atoms with Crippen LogP contribution in [0.25, 0.3) is 10.9 Å². The van der Waals surface area contributed by atoms with Crippen molar-refractivity contribution < 1.29 is 9.59 Å². The van der Waals surface area contributed by atoms with Gasteiger partial charge in [-0.05, 0) is 18.2 Å². The van der Waals surface area contributed by atoms with Gasteiger partial charge in [0.25, 0.3) is 5.91 Å². The van der Waals surface area contributed by atoms with E-state index in [1.165, 1.54) is 5.38 Å². The van der Waals surface area contributed by atoms with Crippen LogP contribution in [0, 0.1) is 0 Å². The molecule has 20 heavy (non-hydrogen) atoms. The predicted octanol–water partition coefficient (Wildman–Crippen LogP) is 2.61. The van der Waals surface area contributed by atoms with Gasteiger partial charge in [-0.3, -0.25) is 9.59 Å². The van der Waals surface area contributed by atoms with Crippen LogP contribution in [0.15, 0.2) is 29.8 Å². The van der Waals surface area contributed by atoms with Crippen LogP contribution in [0.1, 0.15) is 25.9 Å². The third-order valence-electron chi connectivity index (χ3n) is 2.84. The molecule has 0 saturated carbocycles. The molecule has 3 rings (SSSR count). The van der Waals surface area contributed by atoms with Crippen LogP contribution in [-0.2, 0) is 0 Å². The Bertz CT molecular complexity index is 837. The minimum atomic E-state index is -0.651. The fourth-order valence-corrected chi connectivity index (χ4v) is 2.82. The lowest BCUT2D eigenvalue weighted by molar-refractivity contribution is 0.0996. The first-order chi connectivity index (χ1) is 9.56. The number of ketones is 1. The second kappa shape index (κ2) is 4.73. The van der Waals surface area contributed by atoms with Crippen LogP contribution < -0.4 is 5.73 Å². The van der Waals surface area contributed by atoms with Gasteiger partial charge in [-0.2, -0.15) is 0 Å². The minimum Gasteiger partial charge on any atom is -0.364 e. The number of nitrogens with one attached hydrogen (secondary N) is 1. The van der Waals surface area contributed by atoms with Gasteiger partial charge in [0.15, 0.2) is 5.01 Å². The molecule has 0 aliphatic heterocycles. The first kappa shape index (κ1) is 12.8. The Kier molecular flexibility index (Phi) is 3.04. The molecule has 1 amide bonds. The van der Waals surface area contributed by atoms with Crippen molar-refractivity contribution in [2.45, 2.75) is 0 Å². The molecule has 0 aliphatic carbocycles. The summed E-state index contributed by atoms with van der Waals surface area (Å²) in [4.78, 5) is 30.4. The lowest BCUT2D eigenvalue weighted by Gasteiger charge is -1.96. The number of hydrogen-bond acceptors (Lipinski definition) is 4. The molecule has 2 heterocycles. The van der Waals surface area contributed by atoms with Crippen LogP contribution in [0.3, 0.4) is 0 Å². The Morgan fingerprint density at radius 1 is 1.35 bits per heavy atom. The Morgan fingerprint density at radius 3 is 2.85 bits per heavy atom. The molecule has 100 valence electrons. The Hall–Kier alpha value is -2.18. The lowest BCUT2D eigenvalue weighted by Crippen LogP contribution is -2.12. The molecule has 0 fully saturated rings. The molecular formula is C13H8ClN3O2S. The van der Waals surface area contributed by atoms with Crippen molar-refractivity contribution in [3.05, 3.63) is 51.1 Å². The molecule has 1 aromatic carbocycles. The van der Waals surface area contributed by atoms with Crippen molar-refractivity contribution in [1.29, 1.82) is 0 Å². The van der Waals surface area contributed by atoms with Gasteiger partial charge in [-0.15, -0.1) is 11.3 Å². The molecule has 0 saturated heterocycles. The number of rotatable bonds is 3. The standard InChI is InChI=1S/C13H8ClN3O2S/c14-6-1-2-9-7(3-6)8(4-16-9)11(18)13-17-10(5-20-13)12(15)19/h1-5,16H,(H2,15,19). The van der Waals surface area contributed by atoms with Gasteiger partial charge in [0.05, 0.1) is 5.56 Å². The van der Waals surface area contributed by atoms with E-state index in [0.29, 0.717) is 10.6 Å². The van der Waals surface area contributed by atoms with E-state index in [2.05, 4.69) is 9.97 Å². The maximum atomic E-state index is 12.4. The SMILES string of the molecule is NC(=O)c1csc(C(=O)c2c[nH]c3ccc(Cl)cc23)n1. The molecule has 2 aromatic heterocycles. The number of aromatic nitrogens is 2. The molecule has 0 unspecified atom stereocenters. The van der Waals surface area contributed by atoms with Gasteiger partial charge in [-0.1, -0.05) is 11.6 Å². The third-order valence-corrected chi connectivity index (χ3v) is 3.92.